The Kier molecular flexibility index (Phi) is 3.26. The van der Waals surface area contributed by atoms with Gasteiger partial charge in [0.05, 0.1) is 8.07 Å². The fourth-order valence-corrected chi connectivity index (χ4v) is 7.92. The molecule has 0 spiro atoms. The van der Waals surface area contributed by atoms with Crippen LogP contribution in [0.4, 0.5) is 0 Å². The smallest absolute Gasteiger partial charge is 0.0808 e. The van der Waals surface area contributed by atoms with Gasteiger partial charge in [-0.15, -0.1) is 0 Å². The van der Waals surface area contributed by atoms with Crippen molar-refractivity contribution in [2.24, 2.45) is 17.8 Å². The third-order valence-electron chi connectivity index (χ3n) is 5.41. The van der Waals surface area contributed by atoms with E-state index in [1.54, 1.807) is 5.19 Å². The number of allylic oxidation sites excluding steroid dienone is 4. The Morgan fingerprint density at radius 2 is 1.58 bits per heavy atom. The SMILES string of the molecule is CC1CC([Si](C)(C)c2ccccc2)C2C=CC=CC12. The van der Waals surface area contributed by atoms with Crippen molar-refractivity contribution in [2.45, 2.75) is 32.0 Å². The van der Waals surface area contributed by atoms with Gasteiger partial charge in [0.25, 0.3) is 0 Å². The molecule has 0 aliphatic heterocycles. The minimum absolute atomic E-state index is 0.780. The molecule has 1 heteroatoms. The molecule has 3 rings (SSSR count). The number of hydrogen-bond acceptors (Lipinski definition) is 0. The van der Waals surface area contributed by atoms with E-state index in [0.717, 1.165) is 23.3 Å². The second kappa shape index (κ2) is 4.79. The van der Waals surface area contributed by atoms with Gasteiger partial charge in [0.2, 0.25) is 0 Å². The maximum atomic E-state index is 2.56. The summed E-state index contributed by atoms with van der Waals surface area (Å²) in [5.41, 5.74) is 0.885. The fourth-order valence-electron chi connectivity index (χ4n) is 4.19. The van der Waals surface area contributed by atoms with E-state index < -0.39 is 8.07 Å². The van der Waals surface area contributed by atoms with E-state index in [2.05, 4.69) is 74.7 Å². The molecule has 2 aliphatic rings. The third-order valence-corrected chi connectivity index (χ3v) is 9.71. The fraction of sp³-hybridized carbons (Fsp3) is 0.444. The van der Waals surface area contributed by atoms with Crippen LogP contribution in [0, 0.1) is 17.8 Å². The van der Waals surface area contributed by atoms with Crippen molar-refractivity contribution in [3.63, 3.8) is 0 Å². The van der Waals surface area contributed by atoms with Gasteiger partial charge in [0.15, 0.2) is 0 Å². The van der Waals surface area contributed by atoms with Crippen molar-refractivity contribution in [2.75, 3.05) is 0 Å². The van der Waals surface area contributed by atoms with Crippen LogP contribution in [0.3, 0.4) is 0 Å². The van der Waals surface area contributed by atoms with Crippen molar-refractivity contribution in [3.8, 4) is 0 Å². The lowest BCUT2D eigenvalue weighted by molar-refractivity contribution is 0.450. The Bertz CT molecular complexity index is 498. The van der Waals surface area contributed by atoms with Gasteiger partial charge < -0.3 is 0 Å². The highest BCUT2D eigenvalue weighted by Gasteiger charge is 2.47. The molecule has 1 aromatic rings. The molecule has 4 atom stereocenters. The van der Waals surface area contributed by atoms with Crippen LogP contribution in [0.25, 0.3) is 0 Å². The molecule has 19 heavy (non-hydrogen) atoms. The van der Waals surface area contributed by atoms with Crippen molar-refractivity contribution >= 4 is 13.3 Å². The first-order valence-electron chi connectivity index (χ1n) is 7.51. The van der Waals surface area contributed by atoms with Crippen LogP contribution < -0.4 is 5.19 Å². The summed E-state index contributed by atoms with van der Waals surface area (Å²) < 4.78 is 0. The van der Waals surface area contributed by atoms with Gasteiger partial charge in [0.1, 0.15) is 0 Å². The number of hydrogen-bond donors (Lipinski definition) is 0. The molecule has 0 radical (unpaired) electrons. The first-order chi connectivity index (χ1) is 9.10. The second-order valence-electron chi connectivity index (χ2n) is 6.83. The minimum Gasteiger partial charge on any atom is -0.0808 e. The summed E-state index contributed by atoms with van der Waals surface area (Å²) in [5.74, 6) is 2.40. The third kappa shape index (κ3) is 2.14. The molecule has 1 aromatic carbocycles. The predicted molar refractivity (Wildman–Crippen MR) is 86.3 cm³/mol. The summed E-state index contributed by atoms with van der Waals surface area (Å²) in [6, 6.07) is 11.3. The molecule has 0 saturated heterocycles. The van der Waals surface area contributed by atoms with Crippen molar-refractivity contribution in [3.05, 3.63) is 54.6 Å². The first kappa shape index (κ1) is 12.9. The Hall–Kier alpha value is -1.08. The van der Waals surface area contributed by atoms with Crippen molar-refractivity contribution < 1.29 is 0 Å². The van der Waals surface area contributed by atoms with E-state index >= 15 is 0 Å². The van der Waals surface area contributed by atoms with E-state index in [1.165, 1.54) is 6.42 Å². The Morgan fingerprint density at radius 3 is 2.26 bits per heavy atom. The van der Waals surface area contributed by atoms with E-state index in [9.17, 15) is 0 Å². The lowest BCUT2D eigenvalue weighted by Gasteiger charge is -2.35. The molecule has 1 saturated carbocycles. The number of fused-ring (bicyclic) bond motifs is 1. The minimum atomic E-state index is -1.38. The van der Waals surface area contributed by atoms with Crippen molar-refractivity contribution in [1.29, 1.82) is 0 Å². The van der Waals surface area contributed by atoms with Gasteiger partial charge in [-0.05, 0) is 29.7 Å². The molecular formula is C18H24Si. The van der Waals surface area contributed by atoms with Crippen LogP contribution in [0.2, 0.25) is 18.6 Å². The molecule has 4 unspecified atom stereocenters. The van der Waals surface area contributed by atoms with E-state index in [4.69, 9.17) is 0 Å². The summed E-state index contributed by atoms with van der Waals surface area (Å²) in [4.78, 5) is 0. The topological polar surface area (TPSA) is 0 Å². The van der Waals surface area contributed by atoms with Gasteiger partial charge in [0, 0.05) is 0 Å². The Labute approximate surface area is 118 Å². The van der Waals surface area contributed by atoms with E-state index in [0.29, 0.717) is 0 Å². The molecule has 0 aromatic heterocycles. The Balaban J connectivity index is 1.94. The first-order valence-corrected chi connectivity index (χ1v) is 10.6. The zero-order chi connectivity index (χ0) is 13.5. The van der Waals surface area contributed by atoms with Gasteiger partial charge in [-0.25, -0.2) is 0 Å². The monoisotopic (exact) mass is 268 g/mol. The molecule has 2 aliphatic carbocycles. The van der Waals surface area contributed by atoms with Gasteiger partial charge >= 0.3 is 0 Å². The number of rotatable bonds is 2. The summed E-state index contributed by atoms with van der Waals surface area (Å²) in [5, 5.41) is 1.62. The molecule has 0 nitrogen and oxygen atoms in total. The van der Waals surface area contributed by atoms with Gasteiger partial charge in [-0.1, -0.05) is 79.8 Å². The van der Waals surface area contributed by atoms with Gasteiger partial charge in [-0.2, -0.15) is 0 Å². The predicted octanol–water partition coefficient (Wildman–Crippen LogP) is 4.37. The van der Waals surface area contributed by atoms with Crippen LogP contribution >= 0.6 is 0 Å². The molecule has 0 bridgehead atoms. The molecule has 0 amide bonds. The summed E-state index contributed by atoms with van der Waals surface area (Å²) >= 11 is 0. The molecule has 100 valence electrons. The summed E-state index contributed by atoms with van der Waals surface area (Å²) in [7, 11) is -1.38. The van der Waals surface area contributed by atoms with Crippen LogP contribution in [-0.4, -0.2) is 8.07 Å². The molecule has 0 heterocycles. The molecule has 1 fully saturated rings. The number of benzene rings is 1. The average Bonchev–Trinajstić information content (AvgIpc) is 2.79. The zero-order valence-corrected chi connectivity index (χ0v) is 13.2. The molecular weight excluding hydrogens is 244 g/mol. The molecule has 0 N–H and O–H groups in total. The van der Waals surface area contributed by atoms with Crippen molar-refractivity contribution in [1.82, 2.24) is 0 Å². The van der Waals surface area contributed by atoms with Gasteiger partial charge in [-0.3, -0.25) is 0 Å². The second-order valence-corrected chi connectivity index (χ2v) is 11.6. The normalized spacial score (nSPS) is 33.4. The van der Waals surface area contributed by atoms with E-state index in [-0.39, 0.29) is 0 Å². The highest BCUT2D eigenvalue weighted by atomic mass is 28.3. The van der Waals surface area contributed by atoms with Crippen LogP contribution in [0.5, 0.6) is 0 Å². The summed E-state index contributed by atoms with van der Waals surface area (Å²) in [6.45, 7) is 7.57. The van der Waals surface area contributed by atoms with E-state index in [1.807, 2.05) is 0 Å². The highest BCUT2D eigenvalue weighted by molar-refractivity contribution is 6.91. The summed E-state index contributed by atoms with van der Waals surface area (Å²) in [6.07, 6.45) is 10.8. The highest BCUT2D eigenvalue weighted by Crippen LogP contribution is 2.52. The maximum Gasteiger partial charge on any atom is 0.0842 e. The Morgan fingerprint density at radius 1 is 0.947 bits per heavy atom. The quantitative estimate of drug-likeness (QED) is 0.699. The zero-order valence-electron chi connectivity index (χ0n) is 12.2. The standard InChI is InChI=1S/C18H24Si/c1-14-13-18(17-12-8-7-11-16(14)17)19(2,3)15-9-5-4-6-10-15/h4-12,14,16-18H,13H2,1-3H3. The van der Waals surface area contributed by atoms with Crippen LogP contribution in [-0.2, 0) is 0 Å². The van der Waals surface area contributed by atoms with Crippen LogP contribution in [0.1, 0.15) is 13.3 Å². The maximum absolute atomic E-state index is 2.56. The largest absolute Gasteiger partial charge is 0.0842 e. The van der Waals surface area contributed by atoms with Crippen LogP contribution in [0.15, 0.2) is 54.6 Å². The lowest BCUT2D eigenvalue weighted by Crippen LogP contribution is -2.47. The lowest BCUT2D eigenvalue weighted by atomic mass is 9.87. The average molecular weight is 268 g/mol.